The summed E-state index contributed by atoms with van der Waals surface area (Å²) in [4.78, 5) is 4.84. The molecule has 0 saturated heterocycles. The fourth-order valence-corrected chi connectivity index (χ4v) is 3.18. The van der Waals surface area contributed by atoms with Crippen molar-refractivity contribution in [1.29, 1.82) is 0 Å². The van der Waals surface area contributed by atoms with Crippen LogP contribution in [0.25, 0.3) is 16.7 Å². The molecule has 1 aromatic heterocycles. The monoisotopic (exact) mass is 277 g/mol. The molecule has 4 rings (SSSR count). The molecule has 1 aliphatic rings. The summed E-state index contributed by atoms with van der Waals surface area (Å²) in [5.74, 6) is 1.07. The van der Waals surface area contributed by atoms with Crippen LogP contribution in [0.2, 0.25) is 0 Å². The van der Waals surface area contributed by atoms with Crippen molar-refractivity contribution < 1.29 is 0 Å². The maximum atomic E-state index is 6.45. The third kappa shape index (κ3) is 2.14. The fraction of sp³-hybridized carbons (Fsp3) is 0.278. The van der Waals surface area contributed by atoms with Gasteiger partial charge < -0.3 is 5.73 Å². The summed E-state index contributed by atoms with van der Waals surface area (Å²) >= 11 is 0. The highest BCUT2D eigenvalue weighted by molar-refractivity contribution is 5.78. The van der Waals surface area contributed by atoms with Crippen LogP contribution >= 0.6 is 0 Å². The third-order valence-electron chi connectivity index (χ3n) is 4.50. The van der Waals surface area contributed by atoms with E-state index in [0.29, 0.717) is 0 Å². The molecule has 2 N–H and O–H groups in total. The standard InChI is InChI=1S/C18H19N3/c19-18(11-6-12-18)13-17-20-15-9-4-5-10-16(15)21(17)14-7-2-1-3-8-14/h1-5,7-10H,6,11-13,19H2. The number of fused-ring (bicyclic) bond motifs is 1. The number of hydrogen-bond donors (Lipinski definition) is 1. The lowest BCUT2D eigenvalue weighted by Crippen LogP contribution is -2.48. The number of para-hydroxylation sites is 3. The third-order valence-corrected chi connectivity index (χ3v) is 4.50. The summed E-state index contributed by atoms with van der Waals surface area (Å²) in [7, 11) is 0. The molecular weight excluding hydrogens is 258 g/mol. The molecule has 0 amide bonds. The van der Waals surface area contributed by atoms with Gasteiger partial charge in [-0.1, -0.05) is 30.3 Å². The first-order valence-electron chi connectivity index (χ1n) is 7.56. The summed E-state index contributed by atoms with van der Waals surface area (Å²) in [6.07, 6.45) is 4.29. The molecule has 3 nitrogen and oxygen atoms in total. The van der Waals surface area contributed by atoms with E-state index >= 15 is 0 Å². The van der Waals surface area contributed by atoms with E-state index in [0.717, 1.165) is 41.8 Å². The normalized spacial score (nSPS) is 16.8. The van der Waals surface area contributed by atoms with Crippen LogP contribution in [-0.4, -0.2) is 15.1 Å². The first kappa shape index (κ1) is 12.6. The maximum Gasteiger partial charge on any atom is 0.116 e. The lowest BCUT2D eigenvalue weighted by molar-refractivity contribution is 0.243. The Kier molecular flexibility index (Phi) is 2.82. The van der Waals surface area contributed by atoms with Crippen LogP contribution in [-0.2, 0) is 6.42 Å². The molecule has 1 heterocycles. The van der Waals surface area contributed by atoms with E-state index in [-0.39, 0.29) is 5.54 Å². The Morgan fingerprint density at radius 3 is 2.43 bits per heavy atom. The van der Waals surface area contributed by atoms with Crippen molar-refractivity contribution in [2.75, 3.05) is 0 Å². The van der Waals surface area contributed by atoms with E-state index in [1.807, 2.05) is 12.1 Å². The molecule has 3 aromatic rings. The molecular formula is C18H19N3. The van der Waals surface area contributed by atoms with Gasteiger partial charge in [0, 0.05) is 17.6 Å². The largest absolute Gasteiger partial charge is 0.325 e. The molecule has 21 heavy (non-hydrogen) atoms. The van der Waals surface area contributed by atoms with Gasteiger partial charge in [-0.05, 0) is 43.5 Å². The van der Waals surface area contributed by atoms with Gasteiger partial charge in [-0.25, -0.2) is 4.98 Å². The second-order valence-corrected chi connectivity index (χ2v) is 6.08. The van der Waals surface area contributed by atoms with Crippen molar-refractivity contribution in [1.82, 2.24) is 9.55 Å². The Hall–Kier alpha value is -2.13. The summed E-state index contributed by atoms with van der Waals surface area (Å²) in [5, 5.41) is 0. The van der Waals surface area contributed by atoms with E-state index in [1.165, 1.54) is 6.42 Å². The van der Waals surface area contributed by atoms with Crippen molar-refractivity contribution in [3.63, 3.8) is 0 Å². The molecule has 1 fully saturated rings. The number of benzene rings is 2. The van der Waals surface area contributed by atoms with Gasteiger partial charge >= 0.3 is 0 Å². The van der Waals surface area contributed by atoms with Gasteiger partial charge in [-0.3, -0.25) is 4.57 Å². The molecule has 1 saturated carbocycles. The number of hydrogen-bond acceptors (Lipinski definition) is 2. The zero-order chi connectivity index (χ0) is 14.3. The topological polar surface area (TPSA) is 43.8 Å². The average Bonchev–Trinajstić information content (AvgIpc) is 2.84. The summed E-state index contributed by atoms with van der Waals surface area (Å²) in [5.41, 5.74) is 9.74. The minimum absolute atomic E-state index is 0.0616. The Morgan fingerprint density at radius 2 is 1.71 bits per heavy atom. The van der Waals surface area contributed by atoms with Gasteiger partial charge in [-0.2, -0.15) is 0 Å². The number of imidazole rings is 1. The molecule has 0 unspecified atom stereocenters. The molecule has 3 heteroatoms. The van der Waals surface area contributed by atoms with E-state index < -0.39 is 0 Å². The van der Waals surface area contributed by atoms with Crippen LogP contribution in [0.1, 0.15) is 25.1 Å². The van der Waals surface area contributed by atoms with Gasteiger partial charge in [0.1, 0.15) is 5.82 Å². The van der Waals surface area contributed by atoms with Crippen LogP contribution in [0.3, 0.4) is 0 Å². The van der Waals surface area contributed by atoms with E-state index in [9.17, 15) is 0 Å². The van der Waals surface area contributed by atoms with Crippen molar-refractivity contribution in [2.45, 2.75) is 31.2 Å². The minimum Gasteiger partial charge on any atom is -0.325 e. The van der Waals surface area contributed by atoms with Gasteiger partial charge in [-0.15, -0.1) is 0 Å². The summed E-state index contributed by atoms with van der Waals surface area (Å²) < 4.78 is 2.25. The van der Waals surface area contributed by atoms with Gasteiger partial charge in [0.25, 0.3) is 0 Å². The molecule has 0 atom stereocenters. The smallest absolute Gasteiger partial charge is 0.116 e. The van der Waals surface area contributed by atoms with Crippen molar-refractivity contribution in [2.24, 2.45) is 5.73 Å². The molecule has 0 bridgehead atoms. The highest BCUT2D eigenvalue weighted by Gasteiger charge is 2.34. The van der Waals surface area contributed by atoms with E-state index in [4.69, 9.17) is 10.7 Å². The molecule has 1 aliphatic carbocycles. The first-order valence-corrected chi connectivity index (χ1v) is 7.56. The van der Waals surface area contributed by atoms with Crippen LogP contribution in [0.4, 0.5) is 0 Å². The maximum absolute atomic E-state index is 6.45. The Bertz CT molecular complexity index is 770. The SMILES string of the molecule is NC1(Cc2nc3ccccc3n2-c2ccccc2)CCC1. The number of rotatable bonds is 3. The van der Waals surface area contributed by atoms with Crippen molar-refractivity contribution >= 4 is 11.0 Å². The van der Waals surface area contributed by atoms with Crippen LogP contribution in [0.5, 0.6) is 0 Å². The van der Waals surface area contributed by atoms with E-state index in [2.05, 4.69) is 47.0 Å². The summed E-state index contributed by atoms with van der Waals surface area (Å²) in [6, 6.07) is 18.7. The van der Waals surface area contributed by atoms with Gasteiger partial charge in [0.15, 0.2) is 0 Å². The Balaban J connectivity index is 1.89. The zero-order valence-corrected chi connectivity index (χ0v) is 12.0. The molecule has 0 spiro atoms. The predicted molar refractivity (Wildman–Crippen MR) is 85.5 cm³/mol. The van der Waals surface area contributed by atoms with Crippen molar-refractivity contribution in [3.8, 4) is 5.69 Å². The lowest BCUT2D eigenvalue weighted by Gasteiger charge is -2.37. The fourth-order valence-electron chi connectivity index (χ4n) is 3.18. The van der Waals surface area contributed by atoms with E-state index in [1.54, 1.807) is 0 Å². The minimum atomic E-state index is -0.0616. The zero-order valence-electron chi connectivity index (χ0n) is 12.0. The Morgan fingerprint density at radius 1 is 1.00 bits per heavy atom. The average molecular weight is 277 g/mol. The van der Waals surface area contributed by atoms with Crippen molar-refractivity contribution in [3.05, 3.63) is 60.4 Å². The lowest BCUT2D eigenvalue weighted by atomic mass is 9.75. The first-order chi connectivity index (χ1) is 10.3. The van der Waals surface area contributed by atoms with Gasteiger partial charge in [0.05, 0.1) is 11.0 Å². The highest BCUT2D eigenvalue weighted by Crippen LogP contribution is 2.33. The molecule has 2 aromatic carbocycles. The second-order valence-electron chi connectivity index (χ2n) is 6.08. The van der Waals surface area contributed by atoms with Crippen LogP contribution in [0, 0.1) is 0 Å². The quantitative estimate of drug-likeness (QED) is 0.797. The predicted octanol–water partition coefficient (Wildman–Crippen LogP) is 3.45. The number of aromatic nitrogens is 2. The van der Waals surface area contributed by atoms with Gasteiger partial charge in [0.2, 0.25) is 0 Å². The Labute approximate surface area is 124 Å². The van der Waals surface area contributed by atoms with Crippen LogP contribution < -0.4 is 5.73 Å². The second kappa shape index (κ2) is 4.71. The number of nitrogens with two attached hydrogens (primary N) is 1. The molecule has 0 aliphatic heterocycles. The number of nitrogens with zero attached hydrogens (tertiary/aromatic N) is 2. The molecule has 106 valence electrons. The summed E-state index contributed by atoms with van der Waals surface area (Å²) in [6.45, 7) is 0. The molecule has 0 radical (unpaired) electrons. The van der Waals surface area contributed by atoms with Crippen LogP contribution in [0.15, 0.2) is 54.6 Å². The highest BCUT2D eigenvalue weighted by atomic mass is 15.1.